The Morgan fingerprint density at radius 2 is 2.16 bits per heavy atom. The highest BCUT2D eigenvalue weighted by atomic mass is 32.2. The molecular formula is C12H16N2O3S2. The average molecular weight is 300 g/mol. The molecule has 1 heterocycles. The quantitative estimate of drug-likeness (QED) is 0.873. The van der Waals surface area contributed by atoms with Crippen molar-refractivity contribution in [1.29, 1.82) is 0 Å². The zero-order valence-electron chi connectivity index (χ0n) is 10.4. The van der Waals surface area contributed by atoms with Crippen molar-refractivity contribution >= 4 is 40.1 Å². The molecule has 1 saturated carbocycles. The van der Waals surface area contributed by atoms with E-state index in [1.165, 1.54) is 11.3 Å². The smallest absolute Gasteiger partial charge is 0.306 e. The number of thioether (sulfide) groups is 1. The van der Waals surface area contributed by atoms with Crippen LogP contribution in [0, 0.1) is 5.92 Å². The SMILES string of the molecule is O=C(CSC1CCC(C(=O)O)CC1)Nc1nccs1. The molecule has 1 aromatic rings. The van der Waals surface area contributed by atoms with Gasteiger partial charge in [0.05, 0.1) is 11.7 Å². The van der Waals surface area contributed by atoms with Crippen LogP contribution >= 0.6 is 23.1 Å². The highest BCUT2D eigenvalue weighted by Gasteiger charge is 2.26. The van der Waals surface area contributed by atoms with Crippen LogP contribution in [0.15, 0.2) is 11.6 Å². The molecule has 0 saturated heterocycles. The predicted octanol–water partition coefficient (Wildman–Crippen LogP) is 2.46. The second-order valence-corrected chi connectivity index (χ2v) is 6.69. The molecule has 0 atom stereocenters. The zero-order chi connectivity index (χ0) is 13.7. The molecule has 1 aliphatic rings. The molecule has 0 aromatic carbocycles. The molecule has 7 heteroatoms. The first-order valence-corrected chi connectivity index (χ1v) is 8.11. The molecule has 1 aliphatic carbocycles. The van der Waals surface area contributed by atoms with Crippen LogP contribution < -0.4 is 5.32 Å². The number of hydrogen-bond donors (Lipinski definition) is 2. The van der Waals surface area contributed by atoms with Gasteiger partial charge in [-0.05, 0) is 25.7 Å². The van der Waals surface area contributed by atoms with Crippen molar-refractivity contribution in [3.05, 3.63) is 11.6 Å². The first kappa shape index (κ1) is 14.3. The van der Waals surface area contributed by atoms with Gasteiger partial charge in [0.2, 0.25) is 5.91 Å². The lowest BCUT2D eigenvalue weighted by atomic mass is 9.89. The third-order valence-corrected chi connectivity index (χ3v) is 5.21. The molecule has 104 valence electrons. The average Bonchev–Trinajstić information content (AvgIpc) is 2.89. The third kappa shape index (κ3) is 4.50. The van der Waals surface area contributed by atoms with Gasteiger partial charge in [-0.1, -0.05) is 0 Å². The van der Waals surface area contributed by atoms with Crippen LogP contribution in [0.1, 0.15) is 25.7 Å². The Bertz CT molecular complexity index is 428. The standard InChI is InChI=1S/C12H16N2O3S2/c15-10(14-12-13-5-6-18-12)7-19-9-3-1-8(2-4-9)11(16)17/h5-6,8-9H,1-4,7H2,(H,16,17)(H,13,14,15). The molecule has 1 aromatic heterocycles. The molecule has 5 nitrogen and oxygen atoms in total. The maximum atomic E-state index is 11.7. The number of nitrogens with zero attached hydrogens (tertiary/aromatic N) is 1. The molecule has 0 spiro atoms. The van der Waals surface area contributed by atoms with Gasteiger partial charge in [0.25, 0.3) is 0 Å². The summed E-state index contributed by atoms with van der Waals surface area (Å²) < 4.78 is 0. The van der Waals surface area contributed by atoms with E-state index in [1.807, 2.05) is 5.38 Å². The number of hydrogen-bond acceptors (Lipinski definition) is 5. The Morgan fingerprint density at radius 1 is 1.42 bits per heavy atom. The summed E-state index contributed by atoms with van der Waals surface area (Å²) in [6.07, 6.45) is 4.86. The number of aliphatic carboxylic acids is 1. The van der Waals surface area contributed by atoms with E-state index < -0.39 is 5.97 Å². The lowest BCUT2D eigenvalue weighted by Crippen LogP contribution is -2.24. The van der Waals surface area contributed by atoms with Gasteiger partial charge in [0.15, 0.2) is 5.13 Å². The lowest BCUT2D eigenvalue weighted by molar-refractivity contribution is -0.142. The van der Waals surface area contributed by atoms with Crippen LogP contribution in [0.25, 0.3) is 0 Å². The van der Waals surface area contributed by atoms with Crippen LogP contribution in [0.2, 0.25) is 0 Å². The van der Waals surface area contributed by atoms with E-state index in [-0.39, 0.29) is 11.8 Å². The van der Waals surface area contributed by atoms with E-state index >= 15 is 0 Å². The fourth-order valence-electron chi connectivity index (χ4n) is 2.11. The Labute approximate surface area is 119 Å². The molecule has 0 radical (unpaired) electrons. The minimum atomic E-state index is -0.690. The Kier molecular flexibility index (Phi) is 5.21. The highest BCUT2D eigenvalue weighted by Crippen LogP contribution is 2.32. The number of rotatable bonds is 5. The second-order valence-electron chi connectivity index (χ2n) is 4.51. The minimum Gasteiger partial charge on any atom is -0.481 e. The first-order chi connectivity index (χ1) is 9.15. The monoisotopic (exact) mass is 300 g/mol. The van der Waals surface area contributed by atoms with E-state index in [9.17, 15) is 9.59 Å². The van der Waals surface area contributed by atoms with Crippen molar-refractivity contribution in [3.8, 4) is 0 Å². The van der Waals surface area contributed by atoms with E-state index in [0.29, 0.717) is 16.1 Å². The van der Waals surface area contributed by atoms with Gasteiger partial charge in [-0.3, -0.25) is 9.59 Å². The molecule has 2 rings (SSSR count). The Balaban J connectivity index is 1.66. The number of carbonyl (C=O) groups is 2. The van der Waals surface area contributed by atoms with Crippen molar-refractivity contribution in [2.75, 3.05) is 11.1 Å². The summed E-state index contributed by atoms with van der Waals surface area (Å²) in [5.74, 6) is -0.520. The van der Waals surface area contributed by atoms with Crippen LogP contribution in [0.4, 0.5) is 5.13 Å². The third-order valence-electron chi connectivity index (χ3n) is 3.15. The van der Waals surface area contributed by atoms with Crippen molar-refractivity contribution in [1.82, 2.24) is 4.98 Å². The summed E-state index contributed by atoms with van der Waals surface area (Å²) in [6, 6.07) is 0. The molecule has 19 heavy (non-hydrogen) atoms. The molecule has 1 amide bonds. The van der Waals surface area contributed by atoms with Gasteiger partial charge >= 0.3 is 5.97 Å². The van der Waals surface area contributed by atoms with Crippen LogP contribution in [0.3, 0.4) is 0 Å². The molecule has 2 N–H and O–H groups in total. The highest BCUT2D eigenvalue weighted by molar-refractivity contribution is 8.00. The number of thiazole rings is 1. The maximum absolute atomic E-state index is 11.7. The van der Waals surface area contributed by atoms with Crippen LogP contribution in [-0.4, -0.2) is 33.0 Å². The number of anilines is 1. The summed E-state index contributed by atoms with van der Waals surface area (Å²) in [4.78, 5) is 26.5. The van der Waals surface area contributed by atoms with Gasteiger partial charge in [-0.2, -0.15) is 0 Å². The van der Waals surface area contributed by atoms with E-state index in [1.54, 1.807) is 18.0 Å². The van der Waals surface area contributed by atoms with Gasteiger partial charge in [-0.15, -0.1) is 23.1 Å². The van der Waals surface area contributed by atoms with Crippen molar-refractivity contribution in [2.24, 2.45) is 5.92 Å². The van der Waals surface area contributed by atoms with Gasteiger partial charge in [0, 0.05) is 16.8 Å². The van der Waals surface area contributed by atoms with Crippen molar-refractivity contribution in [3.63, 3.8) is 0 Å². The number of amides is 1. The topological polar surface area (TPSA) is 79.3 Å². The summed E-state index contributed by atoms with van der Waals surface area (Å²) in [5, 5.41) is 14.5. The number of carbonyl (C=O) groups excluding carboxylic acids is 1. The van der Waals surface area contributed by atoms with Gasteiger partial charge < -0.3 is 10.4 Å². The van der Waals surface area contributed by atoms with Gasteiger partial charge in [0.1, 0.15) is 0 Å². The van der Waals surface area contributed by atoms with E-state index in [2.05, 4.69) is 10.3 Å². The minimum absolute atomic E-state index is 0.0414. The number of nitrogens with one attached hydrogen (secondary N) is 1. The summed E-state index contributed by atoms with van der Waals surface area (Å²) in [6.45, 7) is 0. The number of carboxylic acid groups (broad SMARTS) is 1. The van der Waals surface area contributed by atoms with E-state index in [4.69, 9.17) is 5.11 Å². The number of aromatic nitrogens is 1. The van der Waals surface area contributed by atoms with Crippen LogP contribution in [-0.2, 0) is 9.59 Å². The van der Waals surface area contributed by atoms with Crippen LogP contribution in [0.5, 0.6) is 0 Å². The molecule has 0 bridgehead atoms. The summed E-state index contributed by atoms with van der Waals surface area (Å²) in [5.41, 5.74) is 0. The lowest BCUT2D eigenvalue weighted by Gasteiger charge is -2.25. The summed E-state index contributed by atoms with van der Waals surface area (Å²) >= 11 is 3.01. The van der Waals surface area contributed by atoms with E-state index in [0.717, 1.165) is 25.7 Å². The molecule has 1 fully saturated rings. The second kappa shape index (κ2) is 6.91. The number of carboxylic acids is 1. The Morgan fingerprint density at radius 3 is 2.74 bits per heavy atom. The Hall–Kier alpha value is -1.08. The first-order valence-electron chi connectivity index (χ1n) is 6.19. The van der Waals surface area contributed by atoms with Gasteiger partial charge in [-0.25, -0.2) is 4.98 Å². The van der Waals surface area contributed by atoms with Crippen molar-refractivity contribution < 1.29 is 14.7 Å². The summed E-state index contributed by atoms with van der Waals surface area (Å²) in [7, 11) is 0. The fraction of sp³-hybridized carbons (Fsp3) is 0.583. The molecule has 0 unspecified atom stereocenters. The molecule has 0 aliphatic heterocycles. The largest absolute Gasteiger partial charge is 0.481 e. The maximum Gasteiger partial charge on any atom is 0.306 e. The van der Waals surface area contributed by atoms with Crippen molar-refractivity contribution in [2.45, 2.75) is 30.9 Å². The predicted molar refractivity (Wildman–Crippen MR) is 76.6 cm³/mol. The molecular weight excluding hydrogens is 284 g/mol. The zero-order valence-corrected chi connectivity index (χ0v) is 12.0. The normalized spacial score (nSPS) is 22.9. The fourth-order valence-corrected chi connectivity index (χ4v) is 3.72.